The summed E-state index contributed by atoms with van der Waals surface area (Å²) in [7, 11) is 0. The third kappa shape index (κ3) is 4.70. The molecule has 3 fully saturated rings. The van der Waals surface area contributed by atoms with Gasteiger partial charge >= 0.3 is 0 Å². The number of carbonyl (C=O) groups excluding carboxylic acids is 1. The summed E-state index contributed by atoms with van der Waals surface area (Å²) in [6.45, 7) is 1.81. The van der Waals surface area contributed by atoms with Crippen molar-refractivity contribution in [3.8, 4) is 22.9 Å². The van der Waals surface area contributed by atoms with Crippen LogP contribution in [-0.4, -0.2) is 70.2 Å². The summed E-state index contributed by atoms with van der Waals surface area (Å²) in [5.74, 6) is 2.60. The van der Waals surface area contributed by atoms with Gasteiger partial charge in [0.15, 0.2) is 17.3 Å². The van der Waals surface area contributed by atoms with Crippen LogP contribution in [0.15, 0.2) is 67.1 Å². The third-order valence-corrected chi connectivity index (χ3v) is 10.2. The van der Waals surface area contributed by atoms with Crippen molar-refractivity contribution in [1.82, 2.24) is 39.1 Å². The number of carbonyl (C=O) groups is 1. The van der Waals surface area contributed by atoms with Crippen LogP contribution in [0.25, 0.3) is 34.1 Å². The number of benzene rings is 1. The number of likely N-dealkylation sites (tertiary alicyclic amines) is 1. The largest absolute Gasteiger partial charge is 0.383 e. The molecule has 10 heteroatoms. The maximum absolute atomic E-state index is 12.7. The van der Waals surface area contributed by atoms with E-state index in [1.54, 1.807) is 17.1 Å². The number of pyridine rings is 2. The number of nitrogens with zero attached hydrogens (tertiary/aromatic N) is 8. The number of nitrogens with two attached hydrogens (primary N) is 1. The predicted molar refractivity (Wildman–Crippen MR) is 172 cm³/mol. The summed E-state index contributed by atoms with van der Waals surface area (Å²) < 4.78 is 3.88. The Morgan fingerprint density at radius 3 is 2.49 bits per heavy atom. The molecule has 10 nitrogen and oxygen atoms in total. The predicted octanol–water partition coefficient (Wildman–Crippen LogP) is 5.10. The molecule has 1 saturated heterocycles. The van der Waals surface area contributed by atoms with Gasteiger partial charge in [-0.1, -0.05) is 6.07 Å². The first-order valence-electron chi connectivity index (χ1n) is 16.4. The summed E-state index contributed by atoms with van der Waals surface area (Å²) in [5.41, 5.74) is 12.6. The van der Waals surface area contributed by atoms with Crippen LogP contribution >= 0.6 is 0 Å². The first-order valence-corrected chi connectivity index (χ1v) is 16.4. The molecule has 1 aromatic carbocycles. The van der Waals surface area contributed by atoms with Crippen molar-refractivity contribution >= 4 is 22.9 Å². The maximum atomic E-state index is 12.7. The second-order valence-corrected chi connectivity index (χ2v) is 13.1. The fraction of sp³-hybridized carbons (Fsp3) is 0.400. The molecule has 1 amide bonds. The Bertz CT molecular complexity index is 1900. The Balaban J connectivity index is 1.07. The number of imidazole rings is 1. The topological polar surface area (TPSA) is 111 Å². The Morgan fingerprint density at radius 1 is 0.889 bits per heavy atom. The van der Waals surface area contributed by atoms with Gasteiger partial charge in [0.25, 0.3) is 0 Å². The van der Waals surface area contributed by atoms with Crippen LogP contribution < -0.4 is 5.73 Å². The lowest BCUT2D eigenvalue weighted by molar-refractivity contribution is -0.134. The summed E-state index contributed by atoms with van der Waals surface area (Å²) in [6, 6.07) is 18.2. The molecule has 5 aromatic rings. The van der Waals surface area contributed by atoms with Gasteiger partial charge in [-0.25, -0.2) is 19.6 Å². The van der Waals surface area contributed by atoms with Crippen LogP contribution in [-0.2, 0) is 11.2 Å². The number of fused-ring (bicyclic) bond motifs is 2. The van der Waals surface area contributed by atoms with Crippen LogP contribution in [0.4, 0.5) is 5.82 Å². The van der Waals surface area contributed by atoms with Crippen LogP contribution in [0, 0.1) is 5.92 Å². The van der Waals surface area contributed by atoms with Crippen LogP contribution in [0.1, 0.15) is 62.1 Å². The highest BCUT2D eigenvalue weighted by Gasteiger charge is 2.43. The molecule has 0 spiro atoms. The number of aryl methyl sites for hydroxylation is 1. The molecule has 1 atom stereocenters. The van der Waals surface area contributed by atoms with Gasteiger partial charge in [0.2, 0.25) is 5.91 Å². The Morgan fingerprint density at radius 2 is 1.73 bits per heavy atom. The van der Waals surface area contributed by atoms with Gasteiger partial charge in [-0.2, -0.15) is 5.10 Å². The minimum absolute atomic E-state index is 0.312. The van der Waals surface area contributed by atoms with E-state index >= 15 is 0 Å². The second kappa shape index (κ2) is 10.5. The van der Waals surface area contributed by atoms with Crippen molar-refractivity contribution in [2.75, 3.05) is 18.8 Å². The highest BCUT2D eigenvalue weighted by atomic mass is 16.2. The zero-order valence-electron chi connectivity index (χ0n) is 25.3. The van der Waals surface area contributed by atoms with Crippen LogP contribution in [0.5, 0.6) is 0 Å². The van der Waals surface area contributed by atoms with E-state index < -0.39 is 0 Å². The van der Waals surface area contributed by atoms with Gasteiger partial charge in [0.05, 0.1) is 5.56 Å². The van der Waals surface area contributed by atoms with Gasteiger partial charge in [0.1, 0.15) is 11.3 Å². The molecule has 228 valence electrons. The highest BCUT2D eigenvalue weighted by molar-refractivity contribution is 5.83. The number of amides is 1. The van der Waals surface area contributed by atoms with Crippen molar-refractivity contribution in [3.05, 3.63) is 78.2 Å². The summed E-state index contributed by atoms with van der Waals surface area (Å²) in [4.78, 5) is 32.1. The molecule has 4 aromatic heterocycles. The van der Waals surface area contributed by atoms with Crippen LogP contribution in [0.2, 0.25) is 0 Å². The Hall–Kier alpha value is -4.57. The molecule has 1 aliphatic heterocycles. The van der Waals surface area contributed by atoms with Gasteiger partial charge in [-0.05, 0) is 105 Å². The minimum atomic E-state index is 0.312. The van der Waals surface area contributed by atoms with Gasteiger partial charge in [0, 0.05) is 61.4 Å². The quantitative estimate of drug-likeness (QED) is 0.277. The molecule has 5 heterocycles. The number of rotatable bonds is 7. The SMILES string of the molecule is Nc1ncccc1-c1nc2ccc(-n3cccn3)nc2n1-c1ccc2c(c1)CC[C@@H]2N(C1CC1)C1CCN(C(=O)C2CC2)CC1. The van der Waals surface area contributed by atoms with Gasteiger partial charge in [-0.15, -0.1) is 0 Å². The maximum Gasteiger partial charge on any atom is 0.225 e. The Labute approximate surface area is 261 Å². The van der Waals surface area contributed by atoms with E-state index in [2.05, 4.69) is 42.6 Å². The van der Waals surface area contributed by atoms with Crippen molar-refractivity contribution in [3.63, 3.8) is 0 Å². The monoisotopic (exact) mass is 599 g/mol. The van der Waals surface area contributed by atoms with Gasteiger partial charge < -0.3 is 10.6 Å². The van der Waals surface area contributed by atoms with E-state index in [0.29, 0.717) is 35.8 Å². The fourth-order valence-corrected chi connectivity index (χ4v) is 7.69. The van der Waals surface area contributed by atoms with E-state index in [0.717, 1.165) is 85.7 Å². The molecule has 3 aliphatic carbocycles. The molecular weight excluding hydrogens is 562 g/mol. The normalized spacial score (nSPS) is 20.3. The second-order valence-electron chi connectivity index (χ2n) is 13.1. The third-order valence-electron chi connectivity index (χ3n) is 10.2. The fourth-order valence-electron chi connectivity index (χ4n) is 7.69. The molecule has 0 radical (unpaired) electrons. The average Bonchev–Trinajstić information content (AvgIpc) is 3.96. The van der Waals surface area contributed by atoms with E-state index in [1.165, 1.54) is 24.0 Å². The zero-order chi connectivity index (χ0) is 30.1. The molecule has 0 unspecified atom stereocenters. The standard InChI is InChI=1S/C35H37N9O/c36-32-28(3-1-16-37-32)33-39-29-11-13-31(42-18-2-17-38-42)40-34(29)44(33)26-9-10-27-23(21-26)6-12-30(27)43(24-7-8-24)25-14-19-41(20-15-25)35(45)22-4-5-22/h1-3,9-11,13,16-18,21-22,24-25,30H,4-8,12,14-15,19-20H2,(H2,36,37)/t30-/m0/s1. The van der Waals surface area contributed by atoms with E-state index in [9.17, 15) is 4.79 Å². The molecular formula is C35H37N9O. The molecule has 2 saturated carbocycles. The molecule has 0 bridgehead atoms. The van der Waals surface area contributed by atoms with Crippen molar-refractivity contribution in [2.45, 2.75) is 69.5 Å². The number of hydrogen-bond acceptors (Lipinski definition) is 7. The lowest BCUT2D eigenvalue weighted by Gasteiger charge is -2.42. The van der Waals surface area contributed by atoms with Crippen LogP contribution in [0.3, 0.4) is 0 Å². The number of hydrogen-bond donors (Lipinski definition) is 1. The number of aromatic nitrogens is 6. The average molecular weight is 600 g/mol. The molecule has 4 aliphatic rings. The van der Waals surface area contributed by atoms with E-state index in [1.807, 2.05) is 36.5 Å². The summed E-state index contributed by atoms with van der Waals surface area (Å²) >= 11 is 0. The van der Waals surface area contributed by atoms with Crippen molar-refractivity contribution in [1.29, 1.82) is 0 Å². The van der Waals surface area contributed by atoms with E-state index in [-0.39, 0.29) is 0 Å². The zero-order valence-corrected chi connectivity index (χ0v) is 25.3. The number of nitrogen functional groups attached to an aromatic ring is 1. The first-order chi connectivity index (χ1) is 22.1. The number of anilines is 1. The molecule has 9 rings (SSSR count). The summed E-state index contributed by atoms with van der Waals surface area (Å²) in [5, 5.41) is 4.40. The lowest BCUT2D eigenvalue weighted by atomic mass is 9.97. The lowest BCUT2D eigenvalue weighted by Crippen LogP contribution is -2.48. The first kappa shape index (κ1) is 26.8. The van der Waals surface area contributed by atoms with Gasteiger partial charge in [-0.3, -0.25) is 14.3 Å². The smallest absolute Gasteiger partial charge is 0.225 e. The van der Waals surface area contributed by atoms with E-state index in [4.69, 9.17) is 15.7 Å². The highest BCUT2D eigenvalue weighted by Crippen LogP contribution is 2.46. The minimum Gasteiger partial charge on any atom is -0.383 e. The number of piperidine rings is 1. The molecule has 2 N–H and O–H groups in total. The Kier molecular flexibility index (Phi) is 6.26. The summed E-state index contributed by atoms with van der Waals surface area (Å²) in [6.07, 6.45) is 14.4. The van der Waals surface area contributed by atoms with Crippen molar-refractivity contribution < 1.29 is 4.79 Å². The molecule has 45 heavy (non-hydrogen) atoms. The van der Waals surface area contributed by atoms with Crippen molar-refractivity contribution in [2.24, 2.45) is 5.92 Å².